The molecule has 106 valence electrons. The van der Waals surface area contributed by atoms with Gasteiger partial charge in [0.2, 0.25) is 5.91 Å². The van der Waals surface area contributed by atoms with E-state index in [4.69, 9.17) is 0 Å². The van der Waals surface area contributed by atoms with Gasteiger partial charge in [-0.1, -0.05) is 27.7 Å². The Hall–Kier alpha value is -0.570. The molecule has 0 saturated heterocycles. The first kappa shape index (κ1) is 15.5. The zero-order chi connectivity index (χ0) is 13.8. The van der Waals surface area contributed by atoms with E-state index in [1.807, 2.05) is 7.05 Å². The molecule has 1 saturated carbocycles. The summed E-state index contributed by atoms with van der Waals surface area (Å²) in [6.07, 6.45) is 5.01. The lowest BCUT2D eigenvalue weighted by Crippen LogP contribution is -2.46. The maximum atomic E-state index is 11.9. The fraction of sp³-hybridized carbons (Fsp3) is 0.933. The standard InChI is InChI=1S/C15H30N2O/c1-14(2)9-12(10-15(3,4)11-14)17-13(18)7-6-8-16-5/h12,16H,6-11H2,1-5H3,(H,17,18). The largest absolute Gasteiger partial charge is 0.353 e. The molecule has 0 bridgehead atoms. The highest BCUT2D eigenvalue weighted by Crippen LogP contribution is 2.45. The lowest BCUT2D eigenvalue weighted by Gasteiger charge is -2.45. The molecule has 1 fully saturated rings. The quantitative estimate of drug-likeness (QED) is 0.741. The van der Waals surface area contributed by atoms with Crippen molar-refractivity contribution in [3.8, 4) is 0 Å². The fourth-order valence-corrected chi connectivity index (χ4v) is 3.67. The van der Waals surface area contributed by atoms with Crippen LogP contribution in [0.5, 0.6) is 0 Å². The summed E-state index contributed by atoms with van der Waals surface area (Å²) in [4.78, 5) is 11.9. The summed E-state index contributed by atoms with van der Waals surface area (Å²) < 4.78 is 0. The molecule has 1 rings (SSSR count). The molecular weight excluding hydrogens is 224 g/mol. The molecule has 2 N–H and O–H groups in total. The van der Waals surface area contributed by atoms with Crippen molar-refractivity contribution in [1.29, 1.82) is 0 Å². The summed E-state index contributed by atoms with van der Waals surface area (Å²) in [6.45, 7) is 10.2. The molecule has 0 unspecified atom stereocenters. The molecule has 0 aliphatic heterocycles. The molecule has 1 aliphatic rings. The number of carbonyl (C=O) groups excluding carboxylic acids is 1. The molecule has 0 spiro atoms. The average Bonchev–Trinajstić information content (AvgIpc) is 2.12. The normalized spacial score (nSPS) is 22.7. The highest BCUT2D eigenvalue weighted by molar-refractivity contribution is 5.76. The first-order chi connectivity index (χ1) is 8.24. The minimum Gasteiger partial charge on any atom is -0.353 e. The Morgan fingerprint density at radius 1 is 1.17 bits per heavy atom. The van der Waals surface area contributed by atoms with Gasteiger partial charge in [-0.05, 0) is 50.1 Å². The van der Waals surface area contributed by atoms with Crippen LogP contribution in [0, 0.1) is 10.8 Å². The number of carbonyl (C=O) groups is 1. The van der Waals surface area contributed by atoms with E-state index in [1.165, 1.54) is 6.42 Å². The van der Waals surface area contributed by atoms with Gasteiger partial charge in [0.1, 0.15) is 0 Å². The van der Waals surface area contributed by atoms with Gasteiger partial charge in [0.25, 0.3) is 0 Å². The highest BCUT2D eigenvalue weighted by Gasteiger charge is 2.38. The molecular formula is C15H30N2O. The smallest absolute Gasteiger partial charge is 0.220 e. The van der Waals surface area contributed by atoms with Crippen molar-refractivity contribution < 1.29 is 4.79 Å². The van der Waals surface area contributed by atoms with Crippen LogP contribution in [0.15, 0.2) is 0 Å². The Bertz CT molecular complexity index is 268. The van der Waals surface area contributed by atoms with Crippen LogP contribution in [0.1, 0.15) is 59.8 Å². The second-order valence-electron chi connectivity index (χ2n) is 7.38. The van der Waals surface area contributed by atoms with Gasteiger partial charge in [0.15, 0.2) is 0 Å². The van der Waals surface area contributed by atoms with E-state index in [0.29, 0.717) is 23.3 Å². The second-order valence-corrected chi connectivity index (χ2v) is 7.38. The van der Waals surface area contributed by atoms with Crippen molar-refractivity contribution in [2.45, 2.75) is 65.8 Å². The van der Waals surface area contributed by atoms with E-state index >= 15 is 0 Å². The Morgan fingerprint density at radius 3 is 2.22 bits per heavy atom. The molecule has 0 heterocycles. The van der Waals surface area contributed by atoms with Crippen LogP contribution in [0.4, 0.5) is 0 Å². The van der Waals surface area contributed by atoms with Gasteiger partial charge in [0.05, 0.1) is 0 Å². The number of hydrogen-bond donors (Lipinski definition) is 2. The zero-order valence-corrected chi connectivity index (χ0v) is 12.7. The Kier molecular flexibility index (Phi) is 5.20. The van der Waals surface area contributed by atoms with E-state index < -0.39 is 0 Å². The monoisotopic (exact) mass is 254 g/mol. The number of amides is 1. The van der Waals surface area contributed by atoms with Crippen molar-refractivity contribution in [3.63, 3.8) is 0 Å². The minimum absolute atomic E-state index is 0.212. The fourth-order valence-electron chi connectivity index (χ4n) is 3.67. The number of rotatable bonds is 5. The van der Waals surface area contributed by atoms with Gasteiger partial charge in [-0.15, -0.1) is 0 Å². The van der Waals surface area contributed by atoms with Crippen LogP contribution < -0.4 is 10.6 Å². The van der Waals surface area contributed by atoms with Crippen molar-refractivity contribution in [3.05, 3.63) is 0 Å². The van der Waals surface area contributed by atoms with E-state index in [2.05, 4.69) is 38.3 Å². The van der Waals surface area contributed by atoms with Crippen LogP contribution in [-0.4, -0.2) is 25.5 Å². The van der Waals surface area contributed by atoms with Gasteiger partial charge in [-0.2, -0.15) is 0 Å². The Balaban J connectivity index is 2.44. The lowest BCUT2D eigenvalue weighted by molar-refractivity contribution is -0.122. The van der Waals surface area contributed by atoms with Crippen LogP contribution in [0.3, 0.4) is 0 Å². The van der Waals surface area contributed by atoms with E-state index in [0.717, 1.165) is 25.8 Å². The van der Waals surface area contributed by atoms with Gasteiger partial charge >= 0.3 is 0 Å². The number of nitrogens with one attached hydrogen (secondary N) is 2. The van der Waals surface area contributed by atoms with Gasteiger partial charge < -0.3 is 10.6 Å². The first-order valence-corrected chi connectivity index (χ1v) is 7.18. The molecule has 1 amide bonds. The van der Waals surface area contributed by atoms with Crippen LogP contribution in [0.25, 0.3) is 0 Å². The van der Waals surface area contributed by atoms with Crippen molar-refractivity contribution in [2.75, 3.05) is 13.6 Å². The van der Waals surface area contributed by atoms with Crippen LogP contribution in [0.2, 0.25) is 0 Å². The summed E-state index contributed by atoms with van der Waals surface area (Å²) in [7, 11) is 1.92. The molecule has 0 radical (unpaired) electrons. The maximum absolute atomic E-state index is 11.9. The Morgan fingerprint density at radius 2 is 1.72 bits per heavy atom. The summed E-state index contributed by atoms with van der Waals surface area (Å²) in [5.41, 5.74) is 0.676. The molecule has 3 nitrogen and oxygen atoms in total. The third-order valence-electron chi connectivity index (χ3n) is 3.75. The summed E-state index contributed by atoms with van der Waals surface area (Å²) in [6, 6.07) is 0.353. The second kappa shape index (κ2) is 6.05. The molecule has 18 heavy (non-hydrogen) atoms. The molecule has 1 aliphatic carbocycles. The third kappa shape index (κ3) is 5.38. The molecule has 3 heteroatoms. The number of hydrogen-bond acceptors (Lipinski definition) is 2. The Labute approximate surface area is 112 Å². The lowest BCUT2D eigenvalue weighted by atomic mass is 9.63. The van der Waals surface area contributed by atoms with Crippen molar-refractivity contribution >= 4 is 5.91 Å². The SMILES string of the molecule is CNCCCC(=O)NC1CC(C)(C)CC(C)(C)C1. The zero-order valence-electron chi connectivity index (χ0n) is 12.7. The maximum Gasteiger partial charge on any atom is 0.220 e. The summed E-state index contributed by atoms with van der Waals surface area (Å²) in [5, 5.41) is 6.30. The van der Waals surface area contributed by atoms with Gasteiger partial charge in [-0.3, -0.25) is 4.79 Å². The third-order valence-corrected chi connectivity index (χ3v) is 3.75. The topological polar surface area (TPSA) is 41.1 Å². The molecule has 0 aromatic carbocycles. The predicted molar refractivity (Wildman–Crippen MR) is 76.5 cm³/mol. The van der Waals surface area contributed by atoms with Gasteiger partial charge in [-0.25, -0.2) is 0 Å². The van der Waals surface area contributed by atoms with Crippen LogP contribution in [-0.2, 0) is 4.79 Å². The van der Waals surface area contributed by atoms with Crippen molar-refractivity contribution in [2.24, 2.45) is 10.8 Å². The molecule has 0 aromatic rings. The minimum atomic E-state index is 0.212. The van der Waals surface area contributed by atoms with Gasteiger partial charge in [0, 0.05) is 12.5 Å². The van der Waals surface area contributed by atoms with Crippen molar-refractivity contribution in [1.82, 2.24) is 10.6 Å². The molecule has 0 aromatic heterocycles. The van der Waals surface area contributed by atoms with E-state index in [-0.39, 0.29) is 5.91 Å². The highest BCUT2D eigenvalue weighted by atomic mass is 16.1. The van der Waals surface area contributed by atoms with E-state index in [9.17, 15) is 4.79 Å². The average molecular weight is 254 g/mol. The summed E-state index contributed by atoms with van der Waals surface area (Å²) >= 11 is 0. The first-order valence-electron chi connectivity index (χ1n) is 7.18. The van der Waals surface area contributed by atoms with E-state index in [1.54, 1.807) is 0 Å². The van der Waals surface area contributed by atoms with Crippen LogP contribution >= 0.6 is 0 Å². The predicted octanol–water partition coefficient (Wildman–Crippen LogP) is 2.71. The molecule has 0 atom stereocenters. The summed E-state index contributed by atoms with van der Waals surface area (Å²) in [5.74, 6) is 0.212.